The van der Waals surface area contributed by atoms with Gasteiger partial charge in [0.05, 0.1) is 6.54 Å². The third-order valence-corrected chi connectivity index (χ3v) is 4.39. The minimum atomic E-state index is -1.51. The van der Waals surface area contributed by atoms with E-state index in [1.165, 1.54) is 35.2 Å². The Kier molecular flexibility index (Phi) is 4.39. The van der Waals surface area contributed by atoms with E-state index in [9.17, 15) is 13.9 Å². The predicted octanol–water partition coefficient (Wildman–Crippen LogP) is 2.20. The Labute approximate surface area is 119 Å². The highest BCUT2D eigenvalue weighted by molar-refractivity contribution is 7.99. The second kappa shape index (κ2) is 5.88. The molecule has 108 valence electrons. The van der Waals surface area contributed by atoms with E-state index in [2.05, 4.69) is 10.1 Å². The molecule has 0 unspecified atom stereocenters. The maximum Gasteiger partial charge on any atom is 0.137 e. The van der Waals surface area contributed by atoms with Gasteiger partial charge in [0.2, 0.25) is 0 Å². The van der Waals surface area contributed by atoms with Gasteiger partial charge in [-0.25, -0.2) is 18.4 Å². The van der Waals surface area contributed by atoms with Gasteiger partial charge in [-0.2, -0.15) is 16.9 Å². The third-order valence-electron chi connectivity index (χ3n) is 3.29. The van der Waals surface area contributed by atoms with Crippen molar-refractivity contribution in [1.29, 1.82) is 0 Å². The first-order valence-corrected chi connectivity index (χ1v) is 7.29. The Morgan fingerprint density at radius 1 is 1.45 bits per heavy atom. The van der Waals surface area contributed by atoms with Crippen LogP contribution in [-0.2, 0) is 12.1 Å². The third kappa shape index (κ3) is 2.83. The smallest absolute Gasteiger partial charge is 0.137 e. The summed E-state index contributed by atoms with van der Waals surface area (Å²) in [6, 6.07) is 3.18. The van der Waals surface area contributed by atoms with E-state index in [1.807, 2.05) is 6.26 Å². The molecule has 0 aliphatic rings. The summed E-state index contributed by atoms with van der Waals surface area (Å²) in [4.78, 5) is 3.80. The monoisotopic (exact) mass is 299 g/mol. The van der Waals surface area contributed by atoms with Gasteiger partial charge in [0.15, 0.2) is 0 Å². The van der Waals surface area contributed by atoms with Crippen LogP contribution in [0.25, 0.3) is 0 Å². The highest BCUT2D eigenvalue weighted by Crippen LogP contribution is 2.35. The average Bonchev–Trinajstić information content (AvgIpc) is 2.90. The maximum absolute atomic E-state index is 14.0. The molecule has 0 radical (unpaired) electrons. The molecular formula is C13H15F2N3OS. The zero-order valence-electron chi connectivity index (χ0n) is 11.1. The lowest BCUT2D eigenvalue weighted by Crippen LogP contribution is -2.41. The first-order valence-electron chi connectivity index (χ1n) is 6.00. The van der Waals surface area contributed by atoms with Crippen LogP contribution in [0.5, 0.6) is 0 Å². The highest BCUT2D eigenvalue weighted by atomic mass is 32.2. The van der Waals surface area contributed by atoms with Crippen molar-refractivity contribution in [3.05, 3.63) is 48.1 Å². The van der Waals surface area contributed by atoms with Crippen molar-refractivity contribution < 1.29 is 13.9 Å². The lowest BCUT2D eigenvalue weighted by molar-refractivity contribution is 0.0134. The Balaban J connectivity index is 2.45. The summed E-state index contributed by atoms with van der Waals surface area (Å²) in [6.45, 7) is 1.82. The second-order valence-corrected chi connectivity index (χ2v) is 5.70. The lowest BCUT2D eigenvalue weighted by atomic mass is 9.90. The molecule has 1 aromatic heterocycles. The van der Waals surface area contributed by atoms with Crippen molar-refractivity contribution >= 4 is 11.8 Å². The molecule has 1 heterocycles. The van der Waals surface area contributed by atoms with Crippen molar-refractivity contribution in [3.63, 3.8) is 0 Å². The van der Waals surface area contributed by atoms with Gasteiger partial charge >= 0.3 is 0 Å². The molecule has 4 nitrogen and oxygen atoms in total. The molecule has 0 bridgehead atoms. The predicted molar refractivity (Wildman–Crippen MR) is 73.3 cm³/mol. The topological polar surface area (TPSA) is 50.9 Å². The van der Waals surface area contributed by atoms with Gasteiger partial charge in [0, 0.05) is 16.9 Å². The summed E-state index contributed by atoms with van der Waals surface area (Å²) in [6.07, 6.45) is 4.60. The molecule has 2 aromatic rings. The SMILES string of the molecule is CS[C@H](C)[C@](O)(Cn1cncn1)c1ccc(F)cc1F. The van der Waals surface area contributed by atoms with Crippen LogP contribution in [0.2, 0.25) is 0 Å². The lowest BCUT2D eigenvalue weighted by Gasteiger charge is -2.33. The van der Waals surface area contributed by atoms with Gasteiger partial charge in [0.1, 0.15) is 29.9 Å². The van der Waals surface area contributed by atoms with Gasteiger partial charge in [0.25, 0.3) is 0 Å². The van der Waals surface area contributed by atoms with Crippen LogP contribution in [0.3, 0.4) is 0 Å². The van der Waals surface area contributed by atoms with Crippen LogP contribution in [0.4, 0.5) is 8.78 Å². The number of thioether (sulfide) groups is 1. The van der Waals surface area contributed by atoms with E-state index in [4.69, 9.17) is 0 Å². The fourth-order valence-corrected chi connectivity index (χ4v) is 2.62. The number of rotatable bonds is 5. The zero-order valence-corrected chi connectivity index (χ0v) is 11.9. The van der Waals surface area contributed by atoms with Crippen LogP contribution in [0.15, 0.2) is 30.9 Å². The summed E-state index contributed by atoms with van der Waals surface area (Å²) >= 11 is 1.39. The molecule has 1 aromatic carbocycles. The van der Waals surface area contributed by atoms with E-state index in [0.29, 0.717) is 0 Å². The molecular weight excluding hydrogens is 284 g/mol. The molecule has 2 rings (SSSR count). The number of hydrogen-bond donors (Lipinski definition) is 1. The minimum absolute atomic E-state index is 0.0392. The molecule has 0 fully saturated rings. The maximum atomic E-state index is 14.0. The standard InChI is InChI=1S/C13H15F2N3OS/c1-9(20-2)13(19,6-18-8-16-7-17-18)11-4-3-10(14)5-12(11)15/h3-5,7-9,19H,6H2,1-2H3/t9-,13-/m1/s1. The first-order chi connectivity index (χ1) is 9.47. The van der Waals surface area contributed by atoms with Gasteiger partial charge in [-0.15, -0.1) is 0 Å². The number of aliphatic hydroxyl groups is 1. The van der Waals surface area contributed by atoms with E-state index < -0.39 is 17.2 Å². The summed E-state index contributed by atoms with van der Waals surface area (Å²) in [7, 11) is 0. The number of halogens is 2. The number of hydrogen-bond acceptors (Lipinski definition) is 4. The fraction of sp³-hybridized carbons (Fsp3) is 0.385. The van der Waals surface area contributed by atoms with Crippen LogP contribution in [0, 0.1) is 11.6 Å². The number of benzene rings is 1. The first kappa shape index (κ1) is 14.9. The summed E-state index contributed by atoms with van der Waals surface area (Å²) < 4.78 is 28.5. The molecule has 7 heteroatoms. The van der Waals surface area contributed by atoms with Crippen molar-refractivity contribution in [3.8, 4) is 0 Å². The Bertz CT molecular complexity index is 579. The average molecular weight is 299 g/mol. The van der Waals surface area contributed by atoms with Gasteiger partial charge in [-0.1, -0.05) is 13.0 Å². The zero-order chi connectivity index (χ0) is 14.8. The summed E-state index contributed by atoms with van der Waals surface area (Å²) in [5.41, 5.74) is -1.46. The second-order valence-electron chi connectivity index (χ2n) is 4.52. The van der Waals surface area contributed by atoms with E-state index in [0.717, 1.165) is 12.1 Å². The molecule has 0 saturated carbocycles. The van der Waals surface area contributed by atoms with Crippen molar-refractivity contribution in [2.24, 2.45) is 0 Å². The van der Waals surface area contributed by atoms with E-state index in [-0.39, 0.29) is 17.4 Å². The summed E-state index contributed by atoms with van der Waals surface area (Å²) in [5, 5.41) is 14.5. The Morgan fingerprint density at radius 3 is 2.75 bits per heavy atom. The van der Waals surface area contributed by atoms with Gasteiger partial charge < -0.3 is 5.11 Å². The Morgan fingerprint density at radius 2 is 2.20 bits per heavy atom. The quantitative estimate of drug-likeness (QED) is 0.919. The normalized spacial score (nSPS) is 15.8. The highest BCUT2D eigenvalue weighted by Gasteiger charge is 2.38. The van der Waals surface area contributed by atoms with E-state index >= 15 is 0 Å². The molecule has 2 atom stereocenters. The molecule has 0 amide bonds. The van der Waals surface area contributed by atoms with Crippen molar-refractivity contribution in [1.82, 2.24) is 14.8 Å². The van der Waals surface area contributed by atoms with Crippen LogP contribution >= 0.6 is 11.8 Å². The van der Waals surface area contributed by atoms with Crippen LogP contribution in [0.1, 0.15) is 12.5 Å². The van der Waals surface area contributed by atoms with E-state index in [1.54, 1.807) is 6.92 Å². The Hall–Kier alpha value is -1.47. The van der Waals surface area contributed by atoms with Gasteiger partial charge in [-0.05, 0) is 12.3 Å². The number of nitrogens with zero attached hydrogens (tertiary/aromatic N) is 3. The van der Waals surface area contributed by atoms with Gasteiger partial charge in [-0.3, -0.25) is 0 Å². The minimum Gasteiger partial charge on any atom is -0.382 e. The molecule has 0 aliphatic heterocycles. The fourth-order valence-electron chi connectivity index (χ4n) is 2.03. The number of aromatic nitrogens is 3. The largest absolute Gasteiger partial charge is 0.382 e. The molecule has 0 aliphatic carbocycles. The summed E-state index contributed by atoms with van der Waals surface area (Å²) in [5.74, 6) is -1.44. The molecule has 1 N–H and O–H groups in total. The van der Waals surface area contributed by atoms with Crippen molar-refractivity contribution in [2.45, 2.75) is 24.3 Å². The molecule has 0 saturated heterocycles. The van der Waals surface area contributed by atoms with Crippen LogP contribution < -0.4 is 0 Å². The van der Waals surface area contributed by atoms with Crippen LogP contribution in [-0.4, -0.2) is 31.4 Å². The van der Waals surface area contributed by atoms with Crippen molar-refractivity contribution in [2.75, 3.05) is 6.26 Å². The molecule has 20 heavy (non-hydrogen) atoms. The molecule has 0 spiro atoms.